The molecular formula is C5H4S8. The van der Waals surface area contributed by atoms with Gasteiger partial charge in [0, 0.05) is 0 Å². The molecule has 2 heterocycles. The standard InChI is InChI=1S/C5H4S8/c6-1-2(7)11-5(10-1)12-3(8)4(9)13-5/h6-9H. The molecule has 0 unspecified atom stereocenters. The van der Waals surface area contributed by atoms with Gasteiger partial charge in [-0.05, 0) is 0 Å². The molecule has 13 heavy (non-hydrogen) atoms. The Labute approximate surface area is 116 Å². The molecule has 0 atom stereocenters. The van der Waals surface area contributed by atoms with Gasteiger partial charge in [0.1, 0.15) is 0 Å². The summed E-state index contributed by atoms with van der Waals surface area (Å²) in [6.07, 6.45) is 0. The first-order chi connectivity index (χ1) is 6.02. The summed E-state index contributed by atoms with van der Waals surface area (Å²) >= 11 is 24.2. The molecule has 0 bridgehead atoms. The lowest BCUT2D eigenvalue weighted by Gasteiger charge is -2.18. The Balaban J connectivity index is 2.16. The third-order valence-electron chi connectivity index (χ3n) is 1.25. The minimum absolute atomic E-state index is 0.0116. The SMILES string of the molecule is SC1=C(S)SC2(S1)SC(S)=C(S)S2. The van der Waals surface area contributed by atoms with Crippen LogP contribution in [-0.4, -0.2) is 2.74 Å². The van der Waals surface area contributed by atoms with Crippen LogP contribution in [0.1, 0.15) is 0 Å². The van der Waals surface area contributed by atoms with Crippen LogP contribution in [0, 0.1) is 0 Å². The first-order valence-corrected chi connectivity index (χ1v) is 8.08. The van der Waals surface area contributed by atoms with Crippen molar-refractivity contribution < 1.29 is 0 Å². The first kappa shape index (κ1) is 11.8. The largest absolute Gasteiger partial charge is 0.173 e. The van der Waals surface area contributed by atoms with E-state index in [2.05, 4.69) is 50.5 Å². The Bertz CT molecular complexity index is 251. The molecule has 0 aromatic carbocycles. The van der Waals surface area contributed by atoms with Crippen LogP contribution < -0.4 is 0 Å². The number of thiol groups is 4. The summed E-state index contributed by atoms with van der Waals surface area (Å²) in [7, 11) is 0. The molecule has 2 aliphatic rings. The summed E-state index contributed by atoms with van der Waals surface area (Å²) in [6.45, 7) is 0. The molecule has 0 aromatic heterocycles. The van der Waals surface area contributed by atoms with E-state index >= 15 is 0 Å². The van der Waals surface area contributed by atoms with Crippen molar-refractivity contribution in [3.05, 3.63) is 16.9 Å². The van der Waals surface area contributed by atoms with Crippen LogP contribution >= 0.6 is 97.6 Å². The monoisotopic (exact) mass is 320 g/mol. The highest BCUT2D eigenvalue weighted by molar-refractivity contribution is 8.58. The highest BCUT2D eigenvalue weighted by Gasteiger charge is 2.46. The van der Waals surface area contributed by atoms with Crippen LogP contribution in [0.2, 0.25) is 0 Å². The van der Waals surface area contributed by atoms with Crippen molar-refractivity contribution in [2.75, 3.05) is 0 Å². The van der Waals surface area contributed by atoms with Crippen molar-refractivity contribution in [1.82, 2.24) is 0 Å². The van der Waals surface area contributed by atoms with E-state index < -0.39 is 0 Å². The first-order valence-electron chi connectivity index (χ1n) is 3.03. The topological polar surface area (TPSA) is 0 Å². The molecule has 72 valence electrons. The fourth-order valence-electron chi connectivity index (χ4n) is 0.773. The Kier molecular flexibility index (Phi) is 3.86. The van der Waals surface area contributed by atoms with E-state index in [1.54, 1.807) is 47.0 Å². The number of hydrogen-bond donors (Lipinski definition) is 4. The smallest absolute Gasteiger partial charge is 0.135 e. The molecule has 0 nitrogen and oxygen atoms in total. The minimum Gasteiger partial charge on any atom is -0.135 e. The number of thioether (sulfide) groups is 4. The molecule has 0 aliphatic carbocycles. The molecule has 0 amide bonds. The summed E-state index contributed by atoms with van der Waals surface area (Å²) in [4.78, 5) is 0. The summed E-state index contributed by atoms with van der Waals surface area (Å²) < 4.78 is 3.92. The molecule has 0 saturated heterocycles. The van der Waals surface area contributed by atoms with Gasteiger partial charge in [-0.1, -0.05) is 47.0 Å². The molecule has 1 spiro atoms. The number of hydrogen-bond acceptors (Lipinski definition) is 8. The molecule has 0 fully saturated rings. The van der Waals surface area contributed by atoms with Gasteiger partial charge in [0.25, 0.3) is 0 Å². The zero-order valence-electron chi connectivity index (χ0n) is 5.92. The van der Waals surface area contributed by atoms with Crippen molar-refractivity contribution in [2.24, 2.45) is 0 Å². The van der Waals surface area contributed by atoms with Crippen molar-refractivity contribution >= 4 is 97.6 Å². The van der Waals surface area contributed by atoms with Crippen molar-refractivity contribution in [2.45, 2.75) is 2.74 Å². The second-order valence-corrected chi connectivity index (χ2v) is 11.6. The zero-order chi connectivity index (χ0) is 9.64. The van der Waals surface area contributed by atoms with Crippen LogP contribution in [0.5, 0.6) is 0 Å². The lowest BCUT2D eigenvalue weighted by Crippen LogP contribution is -1.99. The lowest BCUT2D eigenvalue weighted by molar-refractivity contribution is 1.96. The summed E-state index contributed by atoms with van der Waals surface area (Å²) in [5, 5.41) is 0. The van der Waals surface area contributed by atoms with Gasteiger partial charge in [-0.15, -0.1) is 50.5 Å². The Morgan fingerprint density at radius 1 is 0.615 bits per heavy atom. The molecule has 2 aliphatic heterocycles. The van der Waals surface area contributed by atoms with Crippen LogP contribution in [0.4, 0.5) is 0 Å². The highest BCUT2D eigenvalue weighted by atomic mass is 32.3. The van der Waals surface area contributed by atoms with Gasteiger partial charge >= 0.3 is 0 Å². The van der Waals surface area contributed by atoms with Crippen LogP contribution in [0.15, 0.2) is 16.9 Å². The summed E-state index contributed by atoms with van der Waals surface area (Å²) in [5.74, 6) is 0. The predicted molar refractivity (Wildman–Crippen MR) is 83.1 cm³/mol. The molecule has 0 saturated carbocycles. The van der Waals surface area contributed by atoms with E-state index in [0.29, 0.717) is 0 Å². The second-order valence-electron chi connectivity index (χ2n) is 2.13. The van der Waals surface area contributed by atoms with Gasteiger partial charge in [-0.3, -0.25) is 0 Å². The van der Waals surface area contributed by atoms with Crippen molar-refractivity contribution in [3.8, 4) is 0 Å². The summed E-state index contributed by atoms with van der Waals surface area (Å²) in [6, 6.07) is 0. The van der Waals surface area contributed by atoms with E-state index in [1.165, 1.54) is 0 Å². The van der Waals surface area contributed by atoms with Gasteiger partial charge in [0.15, 0.2) is 2.74 Å². The maximum atomic E-state index is 4.35. The molecule has 0 aromatic rings. The number of rotatable bonds is 0. The fourth-order valence-corrected chi connectivity index (χ4v) is 11.0. The van der Waals surface area contributed by atoms with E-state index in [-0.39, 0.29) is 2.74 Å². The molecule has 0 N–H and O–H groups in total. The van der Waals surface area contributed by atoms with E-state index in [4.69, 9.17) is 0 Å². The van der Waals surface area contributed by atoms with Crippen LogP contribution in [0.25, 0.3) is 0 Å². The van der Waals surface area contributed by atoms with Gasteiger partial charge in [0.05, 0.1) is 16.9 Å². The third kappa shape index (κ3) is 2.35. The molecule has 2 rings (SSSR count). The molecule has 8 heteroatoms. The Hall–Kier alpha value is 2.28. The van der Waals surface area contributed by atoms with Crippen molar-refractivity contribution in [1.29, 1.82) is 0 Å². The normalized spacial score (nSPS) is 26.8. The highest BCUT2D eigenvalue weighted by Crippen LogP contribution is 2.74. The minimum atomic E-state index is -0.0116. The Morgan fingerprint density at radius 3 is 1.08 bits per heavy atom. The van der Waals surface area contributed by atoms with E-state index in [1.807, 2.05) is 0 Å². The predicted octanol–water partition coefficient (Wildman–Crippen LogP) is 4.53. The van der Waals surface area contributed by atoms with Gasteiger partial charge in [0.2, 0.25) is 0 Å². The molecule has 0 radical (unpaired) electrons. The fraction of sp³-hybridized carbons (Fsp3) is 0.200. The second kappa shape index (κ2) is 4.27. The summed E-state index contributed by atoms with van der Waals surface area (Å²) in [5.41, 5.74) is 0. The van der Waals surface area contributed by atoms with Gasteiger partial charge < -0.3 is 0 Å². The van der Waals surface area contributed by atoms with Gasteiger partial charge in [-0.2, -0.15) is 0 Å². The van der Waals surface area contributed by atoms with E-state index in [0.717, 1.165) is 16.9 Å². The molecular weight excluding hydrogens is 317 g/mol. The van der Waals surface area contributed by atoms with Crippen LogP contribution in [-0.2, 0) is 0 Å². The quantitative estimate of drug-likeness (QED) is 0.484. The van der Waals surface area contributed by atoms with Crippen molar-refractivity contribution in [3.63, 3.8) is 0 Å². The zero-order valence-corrected chi connectivity index (χ0v) is 12.8. The van der Waals surface area contributed by atoms with Gasteiger partial charge in [-0.25, -0.2) is 0 Å². The maximum Gasteiger partial charge on any atom is 0.173 e. The Morgan fingerprint density at radius 2 is 0.846 bits per heavy atom. The van der Waals surface area contributed by atoms with Crippen LogP contribution in [0.3, 0.4) is 0 Å². The van der Waals surface area contributed by atoms with E-state index in [9.17, 15) is 0 Å². The third-order valence-corrected chi connectivity index (χ3v) is 10.0. The average molecular weight is 321 g/mol. The lowest BCUT2D eigenvalue weighted by atomic mass is 11.2. The maximum absolute atomic E-state index is 4.35. The average Bonchev–Trinajstić information content (AvgIpc) is 2.39.